The lowest BCUT2D eigenvalue weighted by molar-refractivity contribution is 0.0609. The van der Waals surface area contributed by atoms with Crippen molar-refractivity contribution in [2.75, 3.05) is 27.2 Å². The van der Waals surface area contributed by atoms with Crippen molar-refractivity contribution >= 4 is 0 Å². The summed E-state index contributed by atoms with van der Waals surface area (Å²) in [5.41, 5.74) is 0. The summed E-state index contributed by atoms with van der Waals surface area (Å²) in [6, 6.07) is 0.263. The zero-order valence-electron chi connectivity index (χ0n) is 6.67. The Morgan fingerprint density at radius 3 is 2.80 bits per heavy atom. The van der Waals surface area contributed by atoms with Crippen LogP contribution < -0.4 is 5.32 Å². The lowest BCUT2D eigenvalue weighted by Crippen LogP contribution is -2.51. The van der Waals surface area contributed by atoms with Crippen LogP contribution in [0.4, 0.5) is 0 Å². The van der Waals surface area contributed by atoms with E-state index in [1.807, 2.05) is 7.05 Å². The lowest BCUT2D eigenvalue weighted by Gasteiger charge is -2.33. The highest BCUT2D eigenvalue weighted by Gasteiger charge is 2.23. The predicted octanol–water partition coefficient (Wildman–Crippen LogP) is -0.729. The number of likely N-dealkylation sites (N-methyl/N-ethyl adjacent to an activating group) is 2. The molecule has 3 nitrogen and oxygen atoms in total. The minimum Gasteiger partial charge on any atom is -0.391 e. The van der Waals surface area contributed by atoms with Crippen LogP contribution in [-0.4, -0.2) is 49.3 Å². The van der Waals surface area contributed by atoms with Crippen LogP contribution in [0, 0.1) is 0 Å². The van der Waals surface area contributed by atoms with Crippen molar-refractivity contribution in [2.45, 2.75) is 18.6 Å². The van der Waals surface area contributed by atoms with E-state index in [0.717, 1.165) is 19.5 Å². The van der Waals surface area contributed by atoms with Crippen LogP contribution in [0.25, 0.3) is 0 Å². The number of likely N-dealkylation sites (tertiary alicyclic amines) is 1. The van der Waals surface area contributed by atoms with Crippen LogP contribution >= 0.6 is 0 Å². The van der Waals surface area contributed by atoms with E-state index in [-0.39, 0.29) is 12.1 Å². The predicted molar refractivity (Wildman–Crippen MR) is 41.0 cm³/mol. The first-order valence-electron chi connectivity index (χ1n) is 3.78. The van der Waals surface area contributed by atoms with Crippen LogP contribution in [0.3, 0.4) is 0 Å². The molecule has 0 aromatic carbocycles. The van der Waals surface area contributed by atoms with E-state index in [1.165, 1.54) is 0 Å². The summed E-state index contributed by atoms with van der Waals surface area (Å²) >= 11 is 0. The molecule has 1 heterocycles. The molecule has 2 atom stereocenters. The van der Waals surface area contributed by atoms with Crippen LogP contribution in [0.2, 0.25) is 0 Å². The van der Waals surface area contributed by atoms with Gasteiger partial charge in [0.15, 0.2) is 0 Å². The third-order valence-electron chi connectivity index (χ3n) is 2.15. The molecular formula is C7H16N2O. The topological polar surface area (TPSA) is 35.5 Å². The van der Waals surface area contributed by atoms with E-state index < -0.39 is 0 Å². The van der Waals surface area contributed by atoms with Crippen molar-refractivity contribution in [3.8, 4) is 0 Å². The number of aliphatic hydroxyl groups excluding tert-OH is 1. The van der Waals surface area contributed by atoms with Gasteiger partial charge in [0.25, 0.3) is 0 Å². The van der Waals surface area contributed by atoms with Gasteiger partial charge in [-0.3, -0.25) is 0 Å². The fourth-order valence-electron chi connectivity index (χ4n) is 1.39. The molecule has 3 heteroatoms. The Morgan fingerprint density at radius 2 is 2.30 bits per heavy atom. The Labute approximate surface area is 62.0 Å². The summed E-state index contributed by atoms with van der Waals surface area (Å²) in [4.78, 5) is 2.23. The van der Waals surface area contributed by atoms with Crippen molar-refractivity contribution in [1.82, 2.24) is 10.2 Å². The molecule has 0 spiro atoms. The van der Waals surface area contributed by atoms with Crippen LogP contribution in [0.1, 0.15) is 6.42 Å². The van der Waals surface area contributed by atoms with Crippen molar-refractivity contribution < 1.29 is 5.11 Å². The van der Waals surface area contributed by atoms with Gasteiger partial charge in [0.2, 0.25) is 0 Å². The third kappa shape index (κ3) is 1.68. The van der Waals surface area contributed by atoms with E-state index in [2.05, 4.69) is 17.3 Å². The average molecular weight is 144 g/mol. The summed E-state index contributed by atoms with van der Waals surface area (Å²) in [7, 11) is 3.98. The second-order valence-corrected chi connectivity index (χ2v) is 3.01. The highest BCUT2D eigenvalue weighted by atomic mass is 16.3. The number of aliphatic hydroxyl groups is 1. The molecular weight excluding hydrogens is 128 g/mol. The smallest absolute Gasteiger partial charge is 0.0717 e. The van der Waals surface area contributed by atoms with Crippen LogP contribution in [0.15, 0.2) is 0 Å². The molecule has 1 rings (SSSR count). The summed E-state index contributed by atoms with van der Waals surface area (Å²) in [6.07, 6.45) is 0.739. The van der Waals surface area contributed by atoms with Crippen molar-refractivity contribution in [2.24, 2.45) is 0 Å². The third-order valence-corrected chi connectivity index (χ3v) is 2.15. The first-order chi connectivity index (χ1) is 4.74. The number of hydrogen-bond acceptors (Lipinski definition) is 3. The van der Waals surface area contributed by atoms with Crippen LogP contribution in [-0.2, 0) is 0 Å². The molecule has 2 N–H and O–H groups in total. The molecule has 0 bridgehead atoms. The van der Waals surface area contributed by atoms with Crippen LogP contribution in [0.5, 0.6) is 0 Å². The minimum atomic E-state index is -0.152. The number of nitrogens with one attached hydrogen (secondary N) is 1. The van der Waals surface area contributed by atoms with Gasteiger partial charge in [0.05, 0.1) is 6.10 Å². The van der Waals surface area contributed by atoms with E-state index in [1.54, 1.807) is 0 Å². The number of hydrogen-bond donors (Lipinski definition) is 2. The number of rotatable bonds is 1. The maximum atomic E-state index is 9.40. The molecule has 1 saturated heterocycles. The summed E-state index contributed by atoms with van der Waals surface area (Å²) in [5, 5.41) is 12.5. The van der Waals surface area contributed by atoms with Gasteiger partial charge >= 0.3 is 0 Å². The molecule has 1 aliphatic heterocycles. The zero-order chi connectivity index (χ0) is 7.56. The Kier molecular flexibility index (Phi) is 2.65. The SMILES string of the molecule is CNC1CN(C)CCC1O. The second kappa shape index (κ2) is 3.32. The Balaban J connectivity index is 2.38. The van der Waals surface area contributed by atoms with Gasteiger partial charge in [-0.15, -0.1) is 0 Å². The molecule has 0 aliphatic carbocycles. The monoisotopic (exact) mass is 144 g/mol. The van der Waals surface area contributed by atoms with Gasteiger partial charge in [0.1, 0.15) is 0 Å². The molecule has 60 valence electrons. The first-order valence-corrected chi connectivity index (χ1v) is 3.78. The van der Waals surface area contributed by atoms with E-state index in [9.17, 15) is 5.11 Å². The Morgan fingerprint density at radius 1 is 1.60 bits per heavy atom. The van der Waals surface area contributed by atoms with E-state index >= 15 is 0 Å². The highest BCUT2D eigenvalue weighted by Crippen LogP contribution is 2.07. The number of piperidine rings is 1. The molecule has 2 unspecified atom stereocenters. The summed E-state index contributed by atoms with van der Waals surface area (Å²) in [6.45, 7) is 1.97. The Bertz CT molecular complexity index is 108. The molecule has 0 amide bonds. The van der Waals surface area contributed by atoms with Crippen molar-refractivity contribution in [1.29, 1.82) is 0 Å². The van der Waals surface area contributed by atoms with Gasteiger partial charge < -0.3 is 15.3 Å². The van der Waals surface area contributed by atoms with Gasteiger partial charge in [0, 0.05) is 19.1 Å². The quantitative estimate of drug-likeness (QED) is 0.509. The Hall–Kier alpha value is -0.120. The maximum Gasteiger partial charge on any atom is 0.0717 e. The fraction of sp³-hybridized carbons (Fsp3) is 1.00. The summed E-state index contributed by atoms with van der Waals surface area (Å²) < 4.78 is 0. The number of nitrogens with zero attached hydrogens (tertiary/aromatic N) is 1. The zero-order valence-corrected chi connectivity index (χ0v) is 6.67. The second-order valence-electron chi connectivity index (χ2n) is 3.01. The van der Waals surface area contributed by atoms with Crippen molar-refractivity contribution in [3.63, 3.8) is 0 Å². The summed E-state index contributed by atoms with van der Waals surface area (Å²) in [5.74, 6) is 0. The molecule has 10 heavy (non-hydrogen) atoms. The van der Waals surface area contributed by atoms with E-state index in [4.69, 9.17) is 0 Å². The highest BCUT2D eigenvalue weighted by molar-refractivity contribution is 4.82. The fourth-order valence-corrected chi connectivity index (χ4v) is 1.39. The average Bonchev–Trinajstić information content (AvgIpc) is 1.94. The lowest BCUT2D eigenvalue weighted by atomic mass is 10.0. The molecule has 0 aromatic rings. The van der Waals surface area contributed by atoms with Gasteiger partial charge in [-0.2, -0.15) is 0 Å². The molecule has 1 aliphatic rings. The van der Waals surface area contributed by atoms with Gasteiger partial charge in [-0.05, 0) is 20.5 Å². The largest absolute Gasteiger partial charge is 0.391 e. The van der Waals surface area contributed by atoms with Gasteiger partial charge in [-0.25, -0.2) is 0 Å². The molecule has 0 aromatic heterocycles. The normalized spacial score (nSPS) is 36.3. The first kappa shape index (κ1) is 7.98. The standard InChI is InChI=1S/C7H16N2O/c1-8-6-5-9(2)4-3-7(6)10/h6-8,10H,3-5H2,1-2H3. The maximum absolute atomic E-state index is 9.40. The minimum absolute atomic E-state index is 0.152. The van der Waals surface area contributed by atoms with Gasteiger partial charge in [-0.1, -0.05) is 0 Å². The molecule has 1 fully saturated rings. The molecule has 0 radical (unpaired) electrons. The van der Waals surface area contributed by atoms with E-state index in [0.29, 0.717) is 0 Å². The van der Waals surface area contributed by atoms with Crippen molar-refractivity contribution in [3.05, 3.63) is 0 Å². The molecule has 0 saturated carbocycles.